The van der Waals surface area contributed by atoms with Gasteiger partial charge in [0, 0.05) is 64.2 Å². The Kier molecular flexibility index (Phi) is 12.6. The van der Waals surface area contributed by atoms with Gasteiger partial charge in [0.25, 0.3) is 5.91 Å². The number of nitrogens with zero attached hydrogens (tertiary/aromatic N) is 3. The van der Waals surface area contributed by atoms with Crippen LogP contribution >= 0.6 is 0 Å². The molecule has 0 aromatic carbocycles. The molecule has 2 rings (SSSR count). The second-order valence-electron chi connectivity index (χ2n) is 12.2. The molecule has 2 heterocycles. The van der Waals surface area contributed by atoms with Gasteiger partial charge in [0.05, 0.1) is 0 Å². The van der Waals surface area contributed by atoms with Gasteiger partial charge in [-0.3, -0.25) is 27.8 Å². The summed E-state index contributed by atoms with van der Waals surface area (Å²) in [6, 6.07) is -0.994. The normalized spacial score (nSPS) is 20.3. The van der Waals surface area contributed by atoms with E-state index >= 15 is 0 Å². The molecule has 12 heteroatoms. The standard InChI is InChI=1S/C27H48N4O6S2/c1-7-21-23(33)31(24(34)28-21)20-27(5,6)13-10-15-39(37)17-11-16-38(36)14-9-12-26(3,4)19-30-22(32)18-29(8-2)25(30)35/h21H,7-20H2,1-6H3,(H,28,34). The number of likely N-dealkylation sites (N-methyl/N-ethyl adjacent to an activating group) is 1. The molecule has 2 saturated heterocycles. The molecular formula is C27H48N4O6S2. The molecule has 2 fully saturated rings. The Hall–Kier alpha value is -1.82. The number of nitrogens with one attached hydrogen (secondary N) is 1. The molecule has 2 aliphatic rings. The predicted octanol–water partition coefficient (Wildman–Crippen LogP) is 3.10. The number of hydrogen-bond acceptors (Lipinski definition) is 6. The lowest BCUT2D eigenvalue weighted by atomic mass is 9.87. The summed E-state index contributed by atoms with van der Waals surface area (Å²) in [6.45, 7) is 13.2. The Bertz CT molecular complexity index is 881. The molecule has 0 aromatic rings. The summed E-state index contributed by atoms with van der Waals surface area (Å²) in [4.78, 5) is 53.1. The molecule has 0 bridgehead atoms. The molecule has 0 aromatic heterocycles. The lowest BCUT2D eigenvalue weighted by Gasteiger charge is -2.29. The molecule has 0 spiro atoms. The summed E-state index contributed by atoms with van der Waals surface area (Å²) < 4.78 is 24.9. The largest absolute Gasteiger partial charge is 0.327 e. The van der Waals surface area contributed by atoms with Crippen LogP contribution in [0.3, 0.4) is 0 Å². The van der Waals surface area contributed by atoms with Crippen molar-refractivity contribution in [1.82, 2.24) is 20.0 Å². The van der Waals surface area contributed by atoms with E-state index in [4.69, 9.17) is 0 Å². The zero-order valence-corrected chi connectivity index (χ0v) is 26.2. The first kappa shape index (κ1) is 33.4. The van der Waals surface area contributed by atoms with E-state index in [1.165, 1.54) is 14.7 Å². The van der Waals surface area contributed by atoms with Crippen LogP contribution in [0.1, 0.15) is 80.1 Å². The van der Waals surface area contributed by atoms with E-state index in [0.29, 0.717) is 55.5 Å². The lowest BCUT2D eigenvalue weighted by molar-refractivity contribution is -0.128. The Balaban J connectivity index is 1.60. The van der Waals surface area contributed by atoms with Crippen molar-refractivity contribution in [2.75, 3.05) is 49.2 Å². The summed E-state index contributed by atoms with van der Waals surface area (Å²) in [5.41, 5.74) is -0.516. The third-order valence-corrected chi connectivity index (χ3v) is 10.4. The minimum absolute atomic E-state index is 0.145. The molecule has 6 amide bonds. The van der Waals surface area contributed by atoms with E-state index in [2.05, 4.69) is 5.32 Å². The van der Waals surface area contributed by atoms with Crippen LogP contribution in [-0.2, 0) is 31.2 Å². The summed E-state index contributed by atoms with van der Waals surface area (Å²) in [7, 11) is -1.99. The fourth-order valence-electron chi connectivity index (χ4n) is 5.02. The maximum Gasteiger partial charge on any atom is 0.327 e. The minimum atomic E-state index is -0.997. The van der Waals surface area contributed by atoms with Crippen LogP contribution in [0, 0.1) is 10.8 Å². The second-order valence-corrected chi connectivity index (χ2v) is 15.6. The topological polar surface area (TPSA) is 124 Å². The van der Waals surface area contributed by atoms with E-state index in [1.807, 2.05) is 41.5 Å². The van der Waals surface area contributed by atoms with Crippen LogP contribution in [-0.4, -0.2) is 102 Å². The molecule has 0 saturated carbocycles. The predicted molar refractivity (Wildman–Crippen MR) is 155 cm³/mol. The Morgan fingerprint density at radius 1 is 0.795 bits per heavy atom. The highest BCUT2D eigenvalue weighted by Gasteiger charge is 2.40. The molecule has 0 aliphatic carbocycles. The molecule has 2 aliphatic heterocycles. The molecule has 3 unspecified atom stereocenters. The van der Waals surface area contributed by atoms with Crippen molar-refractivity contribution in [2.45, 2.75) is 86.1 Å². The van der Waals surface area contributed by atoms with Gasteiger partial charge in [-0.1, -0.05) is 34.6 Å². The number of hydrogen-bond donors (Lipinski definition) is 1. The monoisotopic (exact) mass is 588 g/mol. The smallest absolute Gasteiger partial charge is 0.326 e. The van der Waals surface area contributed by atoms with Crippen molar-refractivity contribution < 1.29 is 27.6 Å². The molecular weight excluding hydrogens is 540 g/mol. The van der Waals surface area contributed by atoms with Crippen LogP contribution in [0.5, 0.6) is 0 Å². The highest BCUT2D eigenvalue weighted by atomic mass is 32.2. The highest BCUT2D eigenvalue weighted by Crippen LogP contribution is 2.27. The van der Waals surface area contributed by atoms with Gasteiger partial charge >= 0.3 is 12.1 Å². The van der Waals surface area contributed by atoms with Crippen LogP contribution in [0.2, 0.25) is 0 Å². The van der Waals surface area contributed by atoms with Gasteiger partial charge in [0.2, 0.25) is 5.91 Å². The first-order valence-electron chi connectivity index (χ1n) is 14.1. The van der Waals surface area contributed by atoms with Gasteiger partial charge in [0.15, 0.2) is 0 Å². The average molecular weight is 589 g/mol. The number of carbonyl (C=O) groups is 4. The van der Waals surface area contributed by atoms with Crippen LogP contribution in [0.15, 0.2) is 0 Å². The van der Waals surface area contributed by atoms with Gasteiger partial charge in [0.1, 0.15) is 12.6 Å². The van der Waals surface area contributed by atoms with Crippen molar-refractivity contribution in [2.24, 2.45) is 10.8 Å². The van der Waals surface area contributed by atoms with Crippen LogP contribution < -0.4 is 5.32 Å². The molecule has 0 radical (unpaired) electrons. The average Bonchev–Trinajstić information content (AvgIpc) is 3.27. The third kappa shape index (κ3) is 10.3. The van der Waals surface area contributed by atoms with Crippen LogP contribution in [0.4, 0.5) is 9.59 Å². The van der Waals surface area contributed by atoms with Gasteiger partial charge < -0.3 is 10.2 Å². The van der Waals surface area contributed by atoms with Crippen LogP contribution in [0.25, 0.3) is 0 Å². The zero-order chi connectivity index (χ0) is 29.4. The molecule has 10 nitrogen and oxygen atoms in total. The van der Waals surface area contributed by atoms with E-state index in [1.54, 1.807) is 0 Å². The SMILES string of the molecule is CCC1NC(=O)N(CC(C)(C)CCCS(=O)CCCS(=O)CCCC(C)(C)CN2C(=O)CN(CC)C2=O)C1=O. The first-order chi connectivity index (χ1) is 18.2. The zero-order valence-electron chi connectivity index (χ0n) is 24.6. The van der Waals surface area contributed by atoms with E-state index in [0.717, 1.165) is 25.7 Å². The van der Waals surface area contributed by atoms with Crippen molar-refractivity contribution in [3.8, 4) is 0 Å². The molecule has 39 heavy (non-hydrogen) atoms. The number of carbonyl (C=O) groups excluding carboxylic acids is 4. The summed E-state index contributed by atoms with van der Waals surface area (Å²) >= 11 is 0. The summed E-state index contributed by atoms with van der Waals surface area (Å²) in [6.07, 6.45) is 4.19. The molecule has 224 valence electrons. The minimum Gasteiger partial charge on any atom is -0.326 e. The van der Waals surface area contributed by atoms with Gasteiger partial charge in [-0.25, -0.2) is 9.59 Å². The Labute approximate surface area is 238 Å². The van der Waals surface area contributed by atoms with E-state index < -0.39 is 27.6 Å². The van der Waals surface area contributed by atoms with Gasteiger partial charge in [-0.2, -0.15) is 0 Å². The number of imide groups is 2. The van der Waals surface area contributed by atoms with Crippen molar-refractivity contribution in [3.63, 3.8) is 0 Å². The summed E-state index contributed by atoms with van der Waals surface area (Å²) in [5, 5.41) is 2.71. The van der Waals surface area contributed by atoms with Crippen molar-refractivity contribution >= 4 is 45.5 Å². The van der Waals surface area contributed by atoms with E-state index in [-0.39, 0.29) is 41.3 Å². The van der Waals surface area contributed by atoms with Crippen molar-refractivity contribution in [1.29, 1.82) is 0 Å². The summed E-state index contributed by atoms with van der Waals surface area (Å²) in [5.74, 6) is 1.79. The first-order valence-corrected chi connectivity index (χ1v) is 17.1. The second kappa shape index (κ2) is 14.7. The molecule has 3 atom stereocenters. The number of urea groups is 2. The Morgan fingerprint density at radius 3 is 1.72 bits per heavy atom. The number of rotatable bonds is 18. The van der Waals surface area contributed by atoms with Gasteiger partial charge in [-0.05, 0) is 56.3 Å². The fraction of sp³-hybridized carbons (Fsp3) is 0.852. The third-order valence-electron chi connectivity index (χ3n) is 7.39. The quantitative estimate of drug-likeness (QED) is 0.246. The number of amides is 6. The molecule has 1 N–H and O–H groups in total. The fourth-order valence-corrected chi connectivity index (χ4v) is 7.48. The Morgan fingerprint density at radius 2 is 1.28 bits per heavy atom. The highest BCUT2D eigenvalue weighted by molar-refractivity contribution is 7.85. The lowest BCUT2D eigenvalue weighted by Crippen LogP contribution is -2.40. The van der Waals surface area contributed by atoms with Gasteiger partial charge in [-0.15, -0.1) is 0 Å². The van der Waals surface area contributed by atoms with E-state index in [9.17, 15) is 27.6 Å². The maximum atomic E-state index is 12.5. The van der Waals surface area contributed by atoms with Crippen molar-refractivity contribution in [3.05, 3.63) is 0 Å². The maximum absolute atomic E-state index is 12.5.